The molecule has 0 amide bonds. The van der Waals surface area contributed by atoms with E-state index in [1.807, 2.05) is 0 Å². The number of hydrogen-bond acceptors (Lipinski definition) is 2. The highest BCUT2D eigenvalue weighted by Crippen LogP contribution is 2.62. The number of para-hydroxylation sites is 3. The molecule has 0 saturated heterocycles. The number of nitrogens with zero attached hydrogens (tertiary/aromatic N) is 3. The van der Waals surface area contributed by atoms with Gasteiger partial charge in [0.15, 0.2) is 0 Å². The second-order valence-electron chi connectivity index (χ2n) is 18.1. The van der Waals surface area contributed by atoms with Crippen molar-refractivity contribution in [3.05, 3.63) is 150 Å². The number of hydrogen-bond donors (Lipinski definition) is 0. The van der Waals surface area contributed by atoms with Crippen molar-refractivity contribution in [1.29, 1.82) is 0 Å². The minimum Gasteiger partial charge on any atom is -0.335 e. The molecular formula is C51H48BN3. The summed E-state index contributed by atoms with van der Waals surface area (Å²) in [5, 5.41) is 1.37. The maximum absolute atomic E-state index is 2.86. The molecule has 0 radical (unpaired) electrons. The first-order chi connectivity index (χ1) is 26.6. The number of anilines is 5. The molecule has 7 aromatic rings. The van der Waals surface area contributed by atoms with Gasteiger partial charge in [0.2, 0.25) is 0 Å². The molecule has 6 aromatic carbocycles. The van der Waals surface area contributed by atoms with E-state index in [2.05, 4.69) is 189 Å². The largest absolute Gasteiger partial charge is 0.335 e. The third-order valence-electron chi connectivity index (χ3n) is 14.2. The summed E-state index contributed by atoms with van der Waals surface area (Å²) < 4.78 is 2.67. The highest BCUT2D eigenvalue weighted by atomic mass is 15.3. The molecule has 0 bridgehead atoms. The van der Waals surface area contributed by atoms with Crippen LogP contribution < -0.4 is 26.2 Å². The van der Waals surface area contributed by atoms with Crippen LogP contribution in [0.3, 0.4) is 0 Å². The van der Waals surface area contributed by atoms with Crippen LogP contribution >= 0.6 is 0 Å². The van der Waals surface area contributed by atoms with E-state index >= 15 is 0 Å². The van der Waals surface area contributed by atoms with Crippen LogP contribution in [0.2, 0.25) is 0 Å². The Balaban J connectivity index is 1.33. The van der Waals surface area contributed by atoms with Crippen LogP contribution in [-0.4, -0.2) is 16.8 Å². The van der Waals surface area contributed by atoms with Crippen LogP contribution in [-0.2, 0) is 10.8 Å². The van der Waals surface area contributed by atoms with Crippen LogP contribution in [0.5, 0.6) is 0 Å². The maximum Gasteiger partial charge on any atom is 0.252 e. The van der Waals surface area contributed by atoms with E-state index in [1.165, 1.54) is 104 Å². The van der Waals surface area contributed by atoms with Gasteiger partial charge in [-0.25, -0.2) is 0 Å². The van der Waals surface area contributed by atoms with Gasteiger partial charge in [0, 0.05) is 44.8 Å². The molecule has 4 heteroatoms. The molecule has 4 aliphatic rings. The molecule has 4 heterocycles. The molecule has 2 unspecified atom stereocenters. The van der Waals surface area contributed by atoms with Gasteiger partial charge in [0.1, 0.15) is 0 Å². The quantitative estimate of drug-likeness (QED) is 0.168. The van der Waals surface area contributed by atoms with Crippen LogP contribution in [0.25, 0.3) is 27.8 Å². The fraction of sp³-hybridized carbons (Fsp3) is 0.255. The van der Waals surface area contributed by atoms with E-state index in [-0.39, 0.29) is 23.1 Å². The van der Waals surface area contributed by atoms with E-state index in [9.17, 15) is 0 Å². The highest BCUT2D eigenvalue weighted by molar-refractivity contribution is 7.00. The summed E-state index contributed by atoms with van der Waals surface area (Å²) in [6.45, 7) is 14.8. The molecular weight excluding hydrogens is 665 g/mol. The van der Waals surface area contributed by atoms with E-state index < -0.39 is 0 Å². The summed E-state index contributed by atoms with van der Waals surface area (Å²) in [6.07, 6.45) is 4.92. The van der Waals surface area contributed by atoms with Gasteiger partial charge in [-0.05, 0) is 113 Å². The van der Waals surface area contributed by atoms with Crippen LogP contribution in [0.4, 0.5) is 28.4 Å². The molecule has 11 rings (SSSR count). The van der Waals surface area contributed by atoms with Gasteiger partial charge in [-0.3, -0.25) is 0 Å². The standard InChI is InChI=1S/C51H48BN3/c1-33-39-29-35(49(2,3)4)30-42-47(39)54(46(33)34-19-10-7-11-20-34)43-31-38(53(36-21-12-8-13-22-36)37-23-14-9-15-24-37)32-44-45(43)52(42)41-26-18-25-40-48(41)55(44)51(6)28-17-16-27-50(40,51)5/h7-15,18-26,29-32H,16-17,27-28H2,1-6H3. The molecule has 1 fully saturated rings. The Morgan fingerprint density at radius 2 is 1.29 bits per heavy atom. The number of fused-ring (bicyclic) bond motifs is 7. The minimum atomic E-state index is -0.0525. The lowest BCUT2D eigenvalue weighted by Crippen LogP contribution is -2.64. The summed E-state index contributed by atoms with van der Waals surface area (Å²) in [6, 6.07) is 50.5. The molecule has 3 nitrogen and oxygen atoms in total. The number of aromatic nitrogens is 1. The topological polar surface area (TPSA) is 11.4 Å². The Kier molecular flexibility index (Phi) is 6.76. The van der Waals surface area contributed by atoms with Gasteiger partial charge in [-0.1, -0.05) is 132 Å². The third-order valence-corrected chi connectivity index (χ3v) is 14.2. The summed E-state index contributed by atoms with van der Waals surface area (Å²) >= 11 is 0. The highest BCUT2D eigenvalue weighted by Gasteiger charge is 2.61. The predicted octanol–water partition coefficient (Wildman–Crippen LogP) is 11.3. The third kappa shape index (κ3) is 4.29. The van der Waals surface area contributed by atoms with Gasteiger partial charge in [-0.15, -0.1) is 0 Å². The van der Waals surface area contributed by atoms with Crippen molar-refractivity contribution in [2.24, 2.45) is 0 Å². The summed E-state index contributed by atoms with van der Waals surface area (Å²) in [7, 11) is 0. The van der Waals surface area contributed by atoms with Crippen molar-refractivity contribution in [3.8, 4) is 16.9 Å². The maximum atomic E-state index is 2.86. The van der Waals surface area contributed by atoms with E-state index in [4.69, 9.17) is 0 Å². The molecule has 0 N–H and O–H groups in total. The summed E-state index contributed by atoms with van der Waals surface area (Å²) in [4.78, 5) is 5.33. The average molecular weight is 714 g/mol. The fourth-order valence-electron chi connectivity index (χ4n) is 11.3. The molecule has 3 aliphatic heterocycles. The van der Waals surface area contributed by atoms with Gasteiger partial charge in [0.25, 0.3) is 6.71 Å². The molecule has 2 atom stereocenters. The zero-order chi connectivity index (χ0) is 37.4. The summed E-state index contributed by atoms with van der Waals surface area (Å²) in [5.74, 6) is 0. The van der Waals surface area contributed by atoms with E-state index in [0.717, 1.165) is 11.4 Å². The van der Waals surface area contributed by atoms with Crippen molar-refractivity contribution in [1.82, 2.24) is 4.57 Å². The number of benzene rings is 6. The van der Waals surface area contributed by atoms with Crippen molar-refractivity contribution in [3.63, 3.8) is 0 Å². The fourth-order valence-corrected chi connectivity index (χ4v) is 11.3. The second kappa shape index (κ2) is 11.3. The molecule has 55 heavy (non-hydrogen) atoms. The Labute approximate surface area is 326 Å². The lowest BCUT2D eigenvalue weighted by molar-refractivity contribution is 0.195. The van der Waals surface area contributed by atoms with E-state index in [0.29, 0.717) is 0 Å². The smallest absolute Gasteiger partial charge is 0.252 e. The molecule has 270 valence electrons. The van der Waals surface area contributed by atoms with Crippen LogP contribution in [0, 0.1) is 6.92 Å². The zero-order valence-electron chi connectivity index (χ0n) is 32.9. The van der Waals surface area contributed by atoms with Crippen molar-refractivity contribution >= 4 is 62.4 Å². The minimum absolute atomic E-state index is 0.000206. The Morgan fingerprint density at radius 1 is 0.655 bits per heavy atom. The SMILES string of the molecule is Cc1c(-c2ccccc2)n2c3c(cc(C(C)(C)C)cc13)B1c3cccc4c3N(c3cc(N(c5ccccc5)c5ccccc5)cc-2c31)C1(C)CCCCC41C. The first-order valence-electron chi connectivity index (χ1n) is 20.4. The van der Waals surface area contributed by atoms with Gasteiger partial charge in [-0.2, -0.15) is 0 Å². The monoisotopic (exact) mass is 713 g/mol. The number of rotatable bonds is 4. The zero-order valence-corrected chi connectivity index (χ0v) is 32.9. The van der Waals surface area contributed by atoms with Crippen molar-refractivity contribution in [2.75, 3.05) is 9.80 Å². The lowest BCUT2D eigenvalue weighted by atomic mass is 9.33. The van der Waals surface area contributed by atoms with Crippen molar-refractivity contribution < 1.29 is 0 Å². The van der Waals surface area contributed by atoms with Crippen LogP contribution in [0.15, 0.2) is 133 Å². The summed E-state index contributed by atoms with van der Waals surface area (Å²) in [5.41, 5.74) is 20.2. The van der Waals surface area contributed by atoms with E-state index in [1.54, 1.807) is 0 Å². The van der Waals surface area contributed by atoms with Crippen LogP contribution in [0.1, 0.15) is 77.0 Å². The molecule has 1 aromatic heterocycles. The second-order valence-corrected chi connectivity index (χ2v) is 18.1. The Bertz CT molecular complexity index is 2650. The predicted molar refractivity (Wildman–Crippen MR) is 234 cm³/mol. The lowest BCUT2D eigenvalue weighted by Gasteiger charge is -2.52. The van der Waals surface area contributed by atoms with Crippen molar-refractivity contribution in [2.45, 2.75) is 83.6 Å². The van der Waals surface area contributed by atoms with Gasteiger partial charge < -0.3 is 14.4 Å². The first kappa shape index (κ1) is 32.9. The van der Waals surface area contributed by atoms with Gasteiger partial charge >= 0.3 is 0 Å². The first-order valence-corrected chi connectivity index (χ1v) is 20.4. The molecule has 1 aliphatic carbocycles. The normalized spacial score (nSPS) is 20.3. The number of aryl methyl sites for hydroxylation is 1. The van der Waals surface area contributed by atoms with Gasteiger partial charge in [0.05, 0.1) is 16.9 Å². The molecule has 0 spiro atoms. The Morgan fingerprint density at radius 3 is 1.96 bits per heavy atom. The average Bonchev–Trinajstić information content (AvgIpc) is 3.61. The Hall–Kier alpha value is -5.48. The molecule has 1 saturated carbocycles.